The second kappa shape index (κ2) is 7.61. The molecule has 2 rings (SSSR count). The molecule has 0 aliphatic carbocycles. The van der Waals surface area contributed by atoms with Gasteiger partial charge in [0.2, 0.25) is 0 Å². The van der Waals surface area contributed by atoms with E-state index in [1.54, 1.807) is 6.20 Å². The third-order valence-electron chi connectivity index (χ3n) is 3.51. The molecule has 22 heavy (non-hydrogen) atoms. The van der Waals surface area contributed by atoms with Crippen molar-refractivity contribution in [1.29, 1.82) is 5.26 Å². The third kappa shape index (κ3) is 4.33. The summed E-state index contributed by atoms with van der Waals surface area (Å²) in [5.41, 5.74) is 3.62. The molecule has 0 saturated heterocycles. The first-order valence-corrected chi connectivity index (χ1v) is 7.70. The van der Waals surface area contributed by atoms with E-state index in [2.05, 4.69) is 24.9 Å². The van der Waals surface area contributed by atoms with Gasteiger partial charge in [-0.15, -0.1) is 0 Å². The number of hydrogen-bond acceptors (Lipinski definition) is 3. The SMILES string of the molecule is Cc1cc(-c2ccc(OCCCC(C)C)c(C#N)c2)ccn1. The molecule has 0 bridgehead atoms. The maximum atomic E-state index is 9.35. The number of pyridine rings is 1. The lowest BCUT2D eigenvalue weighted by atomic mass is 10.0. The highest BCUT2D eigenvalue weighted by Crippen LogP contribution is 2.26. The van der Waals surface area contributed by atoms with Gasteiger partial charge in [0.15, 0.2) is 0 Å². The second-order valence-corrected chi connectivity index (χ2v) is 5.89. The maximum Gasteiger partial charge on any atom is 0.137 e. The Labute approximate surface area is 132 Å². The summed E-state index contributed by atoms with van der Waals surface area (Å²) in [4.78, 5) is 4.20. The Morgan fingerprint density at radius 1 is 1.18 bits per heavy atom. The summed E-state index contributed by atoms with van der Waals surface area (Å²) in [6.45, 7) is 7.01. The van der Waals surface area contributed by atoms with Crippen LogP contribution in [-0.2, 0) is 0 Å². The lowest BCUT2D eigenvalue weighted by Gasteiger charge is -2.10. The van der Waals surface area contributed by atoms with Crippen molar-refractivity contribution in [2.45, 2.75) is 33.6 Å². The molecule has 114 valence electrons. The van der Waals surface area contributed by atoms with Gasteiger partial charge in [-0.05, 0) is 61.1 Å². The summed E-state index contributed by atoms with van der Waals surface area (Å²) in [5.74, 6) is 1.34. The molecule has 0 unspecified atom stereocenters. The molecule has 0 aliphatic heterocycles. The molecule has 0 amide bonds. The highest BCUT2D eigenvalue weighted by atomic mass is 16.5. The van der Waals surface area contributed by atoms with Crippen LogP contribution in [-0.4, -0.2) is 11.6 Å². The van der Waals surface area contributed by atoms with Crippen LogP contribution in [0.4, 0.5) is 0 Å². The van der Waals surface area contributed by atoms with Crippen LogP contribution in [0.5, 0.6) is 5.75 Å². The first-order chi connectivity index (χ1) is 10.6. The Balaban J connectivity index is 2.13. The zero-order chi connectivity index (χ0) is 15.9. The van der Waals surface area contributed by atoms with Crippen molar-refractivity contribution in [1.82, 2.24) is 4.98 Å². The monoisotopic (exact) mass is 294 g/mol. The first-order valence-electron chi connectivity index (χ1n) is 7.70. The number of benzene rings is 1. The van der Waals surface area contributed by atoms with E-state index < -0.39 is 0 Å². The maximum absolute atomic E-state index is 9.35. The fourth-order valence-electron chi connectivity index (χ4n) is 2.32. The van der Waals surface area contributed by atoms with Crippen LogP contribution in [0, 0.1) is 24.2 Å². The molecule has 2 aromatic rings. The van der Waals surface area contributed by atoms with E-state index in [0.29, 0.717) is 23.8 Å². The lowest BCUT2D eigenvalue weighted by molar-refractivity contribution is 0.297. The molecule has 0 saturated carbocycles. The second-order valence-electron chi connectivity index (χ2n) is 5.89. The molecule has 0 fully saturated rings. The van der Waals surface area contributed by atoms with Crippen molar-refractivity contribution in [3.05, 3.63) is 47.8 Å². The highest BCUT2D eigenvalue weighted by Gasteiger charge is 2.07. The molecule has 0 atom stereocenters. The third-order valence-corrected chi connectivity index (χ3v) is 3.51. The predicted molar refractivity (Wildman–Crippen MR) is 88.7 cm³/mol. The average molecular weight is 294 g/mol. The van der Waals surface area contributed by atoms with Crippen molar-refractivity contribution >= 4 is 0 Å². The van der Waals surface area contributed by atoms with Crippen LogP contribution in [0.15, 0.2) is 36.5 Å². The van der Waals surface area contributed by atoms with Gasteiger partial charge >= 0.3 is 0 Å². The number of ether oxygens (including phenoxy) is 1. The number of hydrogen-bond donors (Lipinski definition) is 0. The normalized spacial score (nSPS) is 10.5. The van der Waals surface area contributed by atoms with Gasteiger partial charge < -0.3 is 4.74 Å². The summed E-state index contributed by atoms with van der Waals surface area (Å²) in [5, 5.41) is 9.35. The van der Waals surface area contributed by atoms with Crippen LogP contribution in [0.1, 0.15) is 37.9 Å². The topological polar surface area (TPSA) is 45.9 Å². The van der Waals surface area contributed by atoms with E-state index in [0.717, 1.165) is 29.7 Å². The lowest BCUT2D eigenvalue weighted by Crippen LogP contribution is -2.01. The van der Waals surface area contributed by atoms with Crippen molar-refractivity contribution < 1.29 is 4.74 Å². The molecule has 0 aliphatic rings. The zero-order valence-electron chi connectivity index (χ0n) is 13.5. The van der Waals surface area contributed by atoms with Gasteiger partial charge in [0.05, 0.1) is 12.2 Å². The summed E-state index contributed by atoms with van der Waals surface area (Å²) < 4.78 is 5.76. The summed E-state index contributed by atoms with van der Waals surface area (Å²) in [7, 11) is 0. The van der Waals surface area contributed by atoms with E-state index in [4.69, 9.17) is 4.74 Å². The fourth-order valence-corrected chi connectivity index (χ4v) is 2.32. The van der Waals surface area contributed by atoms with Crippen LogP contribution >= 0.6 is 0 Å². The minimum absolute atomic E-state index is 0.580. The highest BCUT2D eigenvalue weighted by molar-refractivity contribution is 5.67. The van der Waals surface area contributed by atoms with Crippen molar-refractivity contribution in [2.75, 3.05) is 6.61 Å². The molecule has 1 aromatic carbocycles. The Hall–Kier alpha value is -2.34. The van der Waals surface area contributed by atoms with E-state index in [1.165, 1.54) is 0 Å². The zero-order valence-corrected chi connectivity index (χ0v) is 13.5. The largest absolute Gasteiger partial charge is 0.492 e. The smallest absolute Gasteiger partial charge is 0.137 e. The number of rotatable bonds is 6. The Bertz CT molecular complexity index is 671. The van der Waals surface area contributed by atoms with Gasteiger partial charge in [-0.25, -0.2) is 0 Å². The molecule has 0 radical (unpaired) electrons. The van der Waals surface area contributed by atoms with Crippen molar-refractivity contribution in [3.63, 3.8) is 0 Å². The average Bonchev–Trinajstić information content (AvgIpc) is 2.51. The molecule has 3 nitrogen and oxygen atoms in total. The Morgan fingerprint density at radius 3 is 2.64 bits per heavy atom. The summed E-state index contributed by atoms with van der Waals surface area (Å²) in [6, 6.07) is 12.0. The number of nitrogens with zero attached hydrogens (tertiary/aromatic N) is 2. The van der Waals surface area contributed by atoms with E-state index in [1.807, 2.05) is 37.3 Å². The molecule has 0 spiro atoms. The minimum Gasteiger partial charge on any atom is -0.492 e. The quantitative estimate of drug-likeness (QED) is 0.723. The van der Waals surface area contributed by atoms with Gasteiger partial charge in [0, 0.05) is 11.9 Å². The van der Waals surface area contributed by atoms with Gasteiger partial charge in [-0.2, -0.15) is 5.26 Å². The molecular formula is C19H22N2O. The predicted octanol–water partition coefficient (Wildman–Crippen LogP) is 4.74. The van der Waals surface area contributed by atoms with Crippen LogP contribution in [0.2, 0.25) is 0 Å². The molecule has 0 N–H and O–H groups in total. The van der Waals surface area contributed by atoms with E-state index in [9.17, 15) is 5.26 Å². The van der Waals surface area contributed by atoms with E-state index >= 15 is 0 Å². The van der Waals surface area contributed by atoms with Gasteiger partial charge in [0.1, 0.15) is 11.8 Å². The molecule has 1 heterocycles. The number of aryl methyl sites for hydroxylation is 1. The number of nitriles is 1. The summed E-state index contributed by atoms with van der Waals surface area (Å²) >= 11 is 0. The van der Waals surface area contributed by atoms with Crippen LogP contribution in [0.25, 0.3) is 11.1 Å². The van der Waals surface area contributed by atoms with E-state index in [-0.39, 0.29) is 0 Å². The summed E-state index contributed by atoms with van der Waals surface area (Å²) in [6.07, 6.45) is 3.93. The molecule has 1 aromatic heterocycles. The molecular weight excluding hydrogens is 272 g/mol. The standard InChI is InChI=1S/C19H22N2O/c1-14(2)5-4-10-22-19-7-6-16(12-18(19)13-20)17-8-9-21-15(3)11-17/h6-9,11-12,14H,4-5,10H2,1-3H3. The Morgan fingerprint density at radius 2 is 1.95 bits per heavy atom. The molecule has 3 heteroatoms. The minimum atomic E-state index is 0.580. The number of aromatic nitrogens is 1. The Kier molecular flexibility index (Phi) is 5.55. The fraction of sp³-hybridized carbons (Fsp3) is 0.368. The van der Waals surface area contributed by atoms with Crippen molar-refractivity contribution in [2.24, 2.45) is 5.92 Å². The van der Waals surface area contributed by atoms with Gasteiger partial charge in [-0.1, -0.05) is 19.9 Å². The van der Waals surface area contributed by atoms with Gasteiger partial charge in [-0.3, -0.25) is 4.98 Å². The van der Waals surface area contributed by atoms with Crippen LogP contribution in [0.3, 0.4) is 0 Å². The first kappa shape index (κ1) is 16.0. The van der Waals surface area contributed by atoms with Crippen LogP contribution < -0.4 is 4.74 Å². The van der Waals surface area contributed by atoms with Gasteiger partial charge in [0.25, 0.3) is 0 Å². The van der Waals surface area contributed by atoms with Crippen molar-refractivity contribution in [3.8, 4) is 22.9 Å².